The zero-order valence-corrected chi connectivity index (χ0v) is 13.2. The molecule has 1 rings (SSSR count). The average molecular weight is 281 g/mol. The van der Waals surface area contributed by atoms with Gasteiger partial charge in [-0.2, -0.15) is 5.10 Å². The fourth-order valence-corrected chi connectivity index (χ4v) is 1.96. The van der Waals surface area contributed by atoms with Gasteiger partial charge in [0.25, 0.3) is 0 Å². The molecule has 0 atom stereocenters. The second-order valence-corrected chi connectivity index (χ2v) is 4.87. The number of aliphatic imine (C=N–C) groups is 1. The molecule has 0 aromatic carbocycles. The maximum Gasteiger partial charge on any atom is 0.191 e. The maximum absolute atomic E-state index is 4.20. The van der Waals surface area contributed by atoms with Gasteiger partial charge >= 0.3 is 0 Å². The van der Waals surface area contributed by atoms with Crippen LogP contribution in [0.1, 0.15) is 26.6 Å². The molecular formula is C13H27N7. The van der Waals surface area contributed by atoms with Crippen LogP contribution in [0.25, 0.3) is 0 Å². The first-order chi connectivity index (χ1) is 9.58. The monoisotopic (exact) mass is 281 g/mol. The lowest BCUT2D eigenvalue weighted by molar-refractivity contribution is 0.237. The van der Waals surface area contributed by atoms with Gasteiger partial charge in [0.15, 0.2) is 5.96 Å². The molecule has 114 valence electrons. The molecule has 0 saturated heterocycles. The first-order valence-electron chi connectivity index (χ1n) is 7.09. The van der Waals surface area contributed by atoms with E-state index < -0.39 is 0 Å². The molecular weight excluding hydrogens is 254 g/mol. The van der Waals surface area contributed by atoms with E-state index in [-0.39, 0.29) is 0 Å². The van der Waals surface area contributed by atoms with E-state index >= 15 is 0 Å². The molecule has 20 heavy (non-hydrogen) atoms. The molecule has 0 aliphatic carbocycles. The molecule has 0 saturated carbocycles. The molecule has 0 radical (unpaired) electrons. The minimum absolute atomic E-state index is 0.565. The van der Waals surface area contributed by atoms with Crippen molar-refractivity contribution in [2.24, 2.45) is 12.0 Å². The molecule has 0 unspecified atom stereocenters. The van der Waals surface area contributed by atoms with E-state index in [0.717, 1.165) is 31.4 Å². The Hall–Kier alpha value is -1.63. The summed E-state index contributed by atoms with van der Waals surface area (Å²) in [6, 6.07) is 0.565. The Morgan fingerprint density at radius 3 is 2.70 bits per heavy atom. The van der Waals surface area contributed by atoms with E-state index in [9.17, 15) is 0 Å². The number of nitrogens with zero attached hydrogens (tertiary/aromatic N) is 5. The summed E-state index contributed by atoms with van der Waals surface area (Å²) in [5.74, 6) is 1.66. The lowest BCUT2D eigenvalue weighted by Gasteiger charge is -2.25. The van der Waals surface area contributed by atoms with Crippen molar-refractivity contribution >= 4 is 5.96 Å². The summed E-state index contributed by atoms with van der Waals surface area (Å²) in [6.07, 6.45) is 1.55. The van der Waals surface area contributed by atoms with Gasteiger partial charge in [0, 0.05) is 33.2 Å². The summed E-state index contributed by atoms with van der Waals surface area (Å²) < 4.78 is 1.75. The molecule has 0 spiro atoms. The lowest BCUT2D eigenvalue weighted by Crippen LogP contribution is -2.43. The second kappa shape index (κ2) is 8.52. The summed E-state index contributed by atoms with van der Waals surface area (Å²) in [5, 5.41) is 10.6. The topological polar surface area (TPSA) is 70.4 Å². The van der Waals surface area contributed by atoms with E-state index in [1.807, 2.05) is 7.05 Å². The largest absolute Gasteiger partial charge is 0.355 e. The molecule has 7 nitrogen and oxygen atoms in total. The van der Waals surface area contributed by atoms with Crippen molar-refractivity contribution < 1.29 is 0 Å². The van der Waals surface area contributed by atoms with Gasteiger partial charge < -0.3 is 10.6 Å². The smallest absolute Gasteiger partial charge is 0.191 e. The Bertz CT molecular complexity index is 411. The molecule has 2 N–H and O–H groups in total. The van der Waals surface area contributed by atoms with Crippen molar-refractivity contribution in [2.75, 3.05) is 26.7 Å². The summed E-state index contributed by atoms with van der Waals surface area (Å²) >= 11 is 0. The normalized spacial score (nSPS) is 12.2. The van der Waals surface area contributed by atoms with Crippen molar-refractivity contribution in [2.45, 2.75) is 33.4 Å². The molecule has 1 aromatic heterocycles. The van der Waals surface area contributed by atoms with Crippen LogP contribution >= 0.6 is 0 Å². The lowest BCUT2D eigenvalue weighted by atomic mass is 10.3. The fraction of sp³-hybridized carbons (Fsp3) is 0.769. The Morgan fingerprint density at radius 2 is 2.20 bits per heavy atom. The first-order valence-corrected chi connectivity index (χ1v) is 7.09. The van der Waals surface area contributed by atoms with Gasteiger partial charge in [-0.15, -0.1) is 0 Å². The predicted molar refractivity (Wildman–Crippen MR) is 81.6 cm³/mol. The Morgan fingerprint density at radius 1 is 1.45 bits per heavy atom. The molecule has 0 amide bonds. The SMILES string of the molecule is CCN(CCNC(=NC)NCc1ncnn1C)C(C)C. The number of guanidine groups is 1. The van der Waals surface area contributed by atoms with Gasteiger partial charge in [-0.3, -0.25) is 14.6 Å². The zero-order valence-electron chi connectivity index (χ0n) is 13.2. The van der Waals surface area contributed by atoms with Crippen LogP contribution in [-0.2, 0) is 13.6 Å². The highest BCUT2D eigenvalue weighted by molar-refractivity contribution is 5.79. The molecule has 1 aromatic rings. The van der Waals surface area contributed by atoms with Gasteiger partial charge in [-0.25, -0.2) is 4.98 Å². The highest BCUT2D eigenvalue weighted by atomic mass is 15.3. The van der Waals surface area contributed by atoms with Crippen LogP contribution < -0.4 is 10.6 Å². The molecule has 0 aliphatic heterocycles. The van der Waals surface area contributed by atoms with Gasteiger partial charge in [0.05, 0.1) is 6.54 Å². The second-order valence-electron chi connectivity index (χ2n) is 4.87. The Labute approximate surface area is 121 Å². The molecule has 0 aliphatic rings. The minimum atomic E-state index is 0.565. The Balaban J connectivity index is 2.32. The number of hydrogen-bond acceptors (Lipinski definition) is 4. The maximum atomic E-state index is 4.20. The van der Waals surface area contributed by atoms with Gasteiger partial charge in [-0.05, 0) is 20.4 Å². The van der Waals surface area contributed by atoms with E-state index in [1.54, 1.807) is 18.1 Å². The number of hydrogen-bond donors (Lipinski definition) is 2. The first kappa shape index (κ1) is 16.4. The van der Waals surface area contributed by atoms with E-state index in [4.69, 9.17) is 0 Å². The third-order valence-electron chi connectivity index (χ3n) is 3.27. The summed E-state index contributed by atoms with van der Waals surface area (Å²) in [5.41, 5.74) is 0. The minimum Gasteiger partial charge on any atom is -0.355 e. The van der Waals surface area contributed by atoms with Crippen LogP contribution in [0.2, 0.25) is 0 Å². The number of likely N-dealkylation sites (N-methyl/N-ethyl adjacent to an activating group) is 1. The van der Waals surface area contributed by atoms with Crippen LogP contribution in [0.4, 0.5) is 0 Å². The van der Waals surface area contributed by atoms with E-state index in [1.165, 1.54) is 0 Å². The van der Waals surface area contributed by atoms with Crippen LogP contribution in [0, 0.1) is 0 Å². The van der Waals surface area contributed by atoms with Crippen molar-refractivity contribution in [1.29, 1.82) is 0 Å². The summed E-state index contributed by atoms with van der Waals surface area (Å²) in [6.45, 7) is 10.1. The van der Waals surface area contributed by atoms with Crippen LogP contribution in [0.5, 0.6) is 0 Å². The van der Waals surface area contributed by atoms with Gasteiger partial charge in [0.1, 0.15) is 12.2 Å². The number of aryl methyl sites for hydroxylation is 1. The zero-order chi connectivity index (χ0) is 15.0. The van der Waals surface area contributed by atoms with Crippen LogP contribution in [0.3, 0.4) is 0 Å². The average Bonchev–Trinajstić information content (AvgIpc) is 2.83. The number of aromatic nitrogens is 3. The number of nitrogens with one attached hydrogen (secondary N) is 2. The van der Waals surface area contributed by atoms with Crippen molar-refractivity contribution in [1.82, 2.24) is 30.3 Å². The predicted octanol–water partition coefficient (Wildman–Crippen LogP) is 0.210. The molecule has 0 bridgehead atoms. The highest BCUT2D eigenvalue weighted by Crippen LogP contribution is 1.95. The quantitative estimate of drug-likeness (QED) is 0.552. The summed E-state index contributed by atoms with van der Waals surface area (Å²) in [7, 11) is 3.65. The molecule has 7 heteroatoms. The Kier molecular flexibility index (Phi) is 7.00. The van der Waals surface area contributed by atoms with Crippen LogP contribution in [-0.4, -0.2) is 58.3 Å². The van der Waals surface area contributed by atoms with Crippen LogP contribution in [0.15, 0.2) is 11.3 Å². The third-order valence-corrected chi connectivity index (χ3v) is 3.27. The van der Waals surface area contributed by atoms with Gasteiger partial charge in [0.2, 0.25) is 0 Å². The van der Waals surface area contributed by atoms with Gasteiger partial charge in [-0.1, -0.05) is 6.92 Å². The van der Waals surface area contributed by atoms with E-state index in [0.29, 0.717) is 12.6 Å². The standard InChI is InChI=1S/C13H27N7/c1-6-20(11(2)3)8-7-15-13(14-4)16-9-12-17-10-18-19(12)5/h10-11H,6-9H2,1-5H3,(H2,14,15,16). The highest BCUT2D eigenvalue weighted by Gasteiger charge is 2.07. The van der Waals surface area contributed by atoms with Crippen molar-refractivity contribution in [3.63, 3.8) is 0 Å². The van der Waals surface area contributed by atoms with E-state index in [2.05, 4.69) is 51.4 Å². The molecule has 0 fully saturated rings. The van der Waals surface area contributed by atoms with Crippen molar-refractivity contribution in [3.05, 3.63) is 12.2 Å². The van der Waals surface area contributed by atoms with Crippen molar-refractivity contribution in [3.8, 4) is 0 Å². The molecule has 1 heterocycles. The summed E-state index contributed by atoms with van der Waals surface area (Å²) in [4.78, 5) is 10.8. The number of rotatable bonds is 7. The fourth-order valence-electron chi connectivity index (χ4n) is 1.96. The third kappa shape index (κ3) is 5.16.